The summed E-state index contributed by atoms with van der Waals surface area (Å²) in [5.41, 5.74) is 9.32. The van der Waals surface area contributed by atoms with E-state index < -0.39 is 0 Å². The van der Waals surface area contributed by atoms with Gasteiger partial charge in [-0.15, -0.1) is 0 Å². The van der Waals surface area contributed by atoms with Crippen LogP contribution in [0.25, 0.3) is 77.4 Å². The topological polar surface area (TPSA) is 42.2 Å². The first-order valence-corrected chi connectivity index (χ1v) is 17.5. The minimum atomic E-state index is 0.675. The molecule has 0 radical (unpaired) electrons. The lowest BCUT2D eigenvalue weighted by atomic mass is 9.98. The third-order valence-corrected chi connectivity index (χ3v) is 9.82. The van der Waals surface area contributed by atoms with Gasteiger partial charge >= 0.3 is 0 Å². The van der Waals surface area contributed by atoms with Gasteiger partial charge in [-0.3, -0.25) is 0 Å². The maximum absolute atomic E-state index is 7.01. The van der Waals surface area contributed by atoms with Gasteiger partial charge in [-0.1, -0.05) is 133 Å². The van der Waals surface area contributed by atoms with Crippen molar-refractivity contribution < 1.29 is 4.42 Å². The van der Waals surface area contributed by atoms with Gasteiger partial charge in [0.15, 0.2) is 11.4 Å². The second-order valence-corrected chi connectivity index (χ2v) is 13.0. The minimum Gasteiger partial charge on any atom is -0.454 e. The number of hydrogen-bond acceptors (Lipinski definition) is 4. The zero-order valence-corrected chi connectivity index (χ0v) is 28.1. The molecule has 0 amide bonds. The Morgan fingerprint density at radius 2 is 1.02 bits per heavy atom. The molecular formula is C48H31N3O. The molecule has 52 heavy (non-hydrogen) atoms. The quantitative estimate of drug-likeness (QED) is 0.177. The van der Waals surface area contributed by atoms with Gasteiger partial charge in [-0.25, -0.2) is 9.97 Å². The van der Waals surface area contributed by atoms with E-state index in [0.717, 1.165) is 77.9 Å². The lowest BCUT2D eigenvalue weighted by Crippen LogP contribution is -2.10. The molecule has 0 atom stereocenters. The van der Waals surface area contributed by atoms with Crippen LogP contribution >= 0.6 is 0 Å². The van der Waals surface area contributed by atoms with Gasteiger partial charge < -0.3 is 9.32 Å². The van der Waals surface area contributed by atoms with E-state index in [0.29, 0.717) is 5.82 Å². The van der Waals surface area contributed by atoms with Crippen LogP contribution in [0.2, 0.25) is 0 Å². The van der Waals surface area contributed by atoms with Crippen LogP contribution < -0.4 is 4.90 Å². The smallest absolute Gasteiger partial charge is 0.160 e. The molecule has 2 heterocycles. The molecular weight excluding hydrogens is 635 g/mol. The highest BCUT2D eigenvalue weighted by Crippen LogP contribution is 2.47. The molecule has 0 aliphatic heterocycles. The molecule has 244 valence electrons. The fourth-order valence-corrected chi connectivity index (χ4v) is 7.32. The highest BCUT2D eigenvalue weighted by Gasteiger charge is 2.24. The van der Waals surface area contributed by atoms with Crippen LogP contribution in [0.4, 0.5) is 17.1 Å². The van der Waals surface area contributed by atoms with Crippen LogP contribution in [0.5, 0.6) is 0 Å². The predicted molar refractivity (Wildman–Crippen MR) is 215 cm³/mol. The average molecular weight is 666 g/mol. The van der Waals surface area contributed by atoms with Gasteiger partial charge in [0.2, 0.25) is 0 Å². The second-order valence-electron chi connectivity index (χ2n) is 13.0. The minimum absolute atomic E-state index is 0.675. The molecule has 0 saturated carbocycles. The Balaban J connectivity index is 1.28. The van der Waals surface area contributed by atoms with E-state index in [9.17, 15) is 0 Å². The molecule has 0 spiro atoms. The average Bonchev–Trinajstić information content (AvgIpc) is 3.59. The van der Waals surface area contributed by atoms with Crippen molar-refractivity contribution in [3.63, 3.8) is 0 Å². The summed E-state index contributed by atoms with van der Waals surface area (Å²) < 4.78 is 7.01. The maximum Gasteiger partial charge on any atom is 0.160 e. The first-order valence-electron chi connectivity index (χ1n) is 17.5. The van der Waals surface area contributed by atoms with Crippen molar-refractivity contribution in [3.05, 3.63) is 188 Å². The summed E-state index contributed by atoms with van der Waals surface area (Å²) >= 11 is 0. The van der Waals surface area contributed by atoms with E-state index in [-0.39, 0.29) is 0 Å². The van der Waals surface area contributed by atoms with Crippen LogP contribution in [-0.4, -0.2) is 9.97 Å². The summed E-state index contributed by atoms with van der Waals surface area (Å²) in [4.78, 5) is 12.6. The molecule has 4 nitrogen and oxygen atoms in total. The van der Waals surface area contributed by atoms with Crippen molar-refractivity contribution in [2.75, 3.05) is 4.90 Å². The zero-order chi connectivity index (χ0) is 34.4. The third kappa shape index (κ3) is 5.17. The Morgan fingerprint density at radius 3 is 1.75 bits per heavy atom. The summed E-state index contributed by atoms with van der Waals surface area (Å²) in [5, 5.41) is 6.71. The molecule has 4 heteroatoms. The van der Waals surface area contributed by atoms with Crippen LogP contribution in [0.15, 0.2) is 192 Å². The first-order chi connectivity index (χ1) is 25.8. The van der Waals surface area contributed by atoms with Crippen molar-refractivity contribution in [3.8, 4) is 33.9 Å². The van der Waals surface area contributed by atoms with Gasteiger partial charge in [0.05, 0.1) is 17.1 Å². The lowest BCUT2D eigenvalue weighted by Gasteiger charge is -2.26. The Kier molecular flexibility index (Phi) is 7.10. The third-order valence-electron chi connectivity index (χ3n) is 9.82. The lowest BCUT2D eigenvalue weighted by molar-refractivity contribution is 0.669. The Morgan fingerprint density at radius 1 is 0.423 bits per heavy atom. The molecule has 0 N–H and O–H groups in total. The zero-order valence-electron chi connectivity index (χ0n) is 28.1. The highest BCUT2D eigenvalue weighted by molar-refractivity contribution is 6.19. The number of nitrogens with zero attached hydrogens (tertiary/aromatic N) is 3. The standard InChI is InChI=1S/C48H31N3O/c1-4-15-33(16-5-1)42-31-43(50-48(49-42)34-17-6-2-7-18-34)40-26-27-44(47-46(40)41-29-36-20-12-13-21-37(36)30-45(41)52-47)51(38-22-8-3-9-23-38)39-25-24-32-14-10-11-19-35(32)28-39/h1-31H. The Hall–Kier alpha value is -7.04. The predicted octanol–water partition coefficient (Wildman–Crippen LogP) is 13.2. The molecule has 8 aromatic carbocycles. The number of furan rings is 1. The summed E-state index contributed by atoms with van der Waals surface area (Å²) in [7, 11) is 0. The van der Waals surface area contributed by atoms with E-state index >= 15 is 0 Å². The van der Waals surface area contributed by atoms with E-state index in [1.807, 2.05) is 36.4 Å². The monoisotopic (exact) mass is 665 g/mol. The molecule has 0 aliphatic rings. The normalized spacial score (nSPS) is 11.5. The molecule has 0 unspecified atom stereocenters. The van der Waals surface area contributed by atoms with Crippen molar-refractivity contribution in [1.29, 1.82) is 0 Å². The fraction of sp³-hybridized carbons (Fsp3) is 0. The highest BCUT2D eigenvalue weighted by atomic mass is 16.3. The molecule has 10 rings (SSSR count). The number of aromatic nitrogens is 2. The number of para-hydroxylation sites is 1. The van der Waals surface area contributed by atoms with Gasteiger partial charge in [-0.05, 0) is 76.1 Å². The fourth-order valence-electron chi connectivity index (χ4n) is 7.32. The summed E-state index contributed by atoms with van der Waals surface area (Å²) in [5.74, 6) is 0.675. The van der Waals surface area contributed by atoms with E-state index in [1.54, 1.807) is 0 Å². The molecule has 0 fully saturated rings. The first kappa shape index (κ1) is 29.8. The van der Waals surface area contributed by atoms with Gasteiger partial charge in [0, 0.05) is 38.8 Å². The maximum atomic E-state index is 7.01. The Labute approximate surface area is 300 Å². The number of benzene rings is 8. The molecule has 0 bridgehead atoms. The number of hydrogen-bond donors (Lipinski definition) is 0. The van der Waals surface area contributed by atoms with Crippen molar-refractivity contribution in [2.24, 2.45) is 0 Å². The number of fused-ring (bicyclic) bond motifs is 5. The van der Waals surface area contributed by atoms with Gasteiger partial charge in [0.1, 0.15) is 5.58 Å². The number of rotatable bonds is 6. The van der Waals surface area contributed by atoms with Gasteiger partial charge in [-0.2, -0.15) is 0 Å². The van der Waals surface area contributed by atoms with Crippen molar-refractivity contribution in [1.82, 2.24) is 9.97 Å². The molecule has 10 aromatic rings. The summed E-state index contributed by atoms with van der Waals surface area (Å²) in [6.07, 6.45) is 0. The Bertz CT molecular complexity index is 2840. The molecule has 0 aliphatic carbocycles. The van der Waals surface area contributed by atoms with E-state index in [2.05, 4.69) is 157 Å². The number of anilines is 3. The van der Waals surface area contributed by atoms with Crippen LogP contribution in [0.1, 0.15) is 0 Å². The molecule has 2 aromatic heterocycles. The van der Waals surface area contributed by atoms with Crippen LogP contribution in [0.3, 0.4) is 0 Å². The van der Waals surface area contributed by atoms with Crippen LogP contribution in [-0.2, 0) is 0 Å². The van der Waals surface area contributed by atoms with E-state index in [1.165, 1.54) is 10.8 Å². The van der Waals surface area contributed by atoms with Gasteiger partial charge in [0.25, 0.3) is 0 Å². The van der Waals surface area contributed by atoms with Crippen LogP contribution in [0, 0.1) is 0 Å². The van der Waals surface area contributed by atoms with E-state index in [4.69, 9.17) is 14.4 Å². The van der Waals surface area contributed by atoms with Crippen molar-refractivity contribution in [2.45, 2.75) is 0 Å². The largest absolute Gasteiger partial charge is 0.454 e. The SMILES string of the molecule is c1ccc(-c2cc(-c3ccc(N(c4ccccc4)c4ccc5ccccc5c4)c4oc5cc6ccccc6cc5c34)nc(-c3ccccc3)n2)cc1. The van der Waals surface area contributed by atoms with Crippen molar-refractivity contribution >= 4 is 60.5 Å². The summed E-state index contributed by atoms with van der Waals surface area (Å²) in [6, 6.07) is 65.5. The second kappa shape index (κ2) is 12.4. The summed E-state index contributed by atoms with van der Waals surface area (Å²) in [6.45, 7) is 0. The molecule has 0 saturated heterocycles.